The van der Waals surface area contributed by atoms with Crippen molar-refractivity contribution in [2.45, 2.75) is 13.3 Å². The quantitative estimate of drug-likeness (QED) is 0.677. The highest BCUT2D eigenvalue weighted by Crippen LogP contribution is 2.17. The Hall–Kier alpha value is -2.51. The molecule has 1 aliphatic rings. The van der Waals surface area contributed by atoms with E-state index >= 15 is 0 Å². The lowest BCUT2D eigenvalue weighted by Crippen LogP contribution is -2.49. The van der Waals surface area contributed by atoms with E-state index < -0.39 is 0 Å². The zero-order chi connectivity index (χ0) is 20.1. The van der Waals surface area contributed by atoms with Gasteiger partial charge in [-0.05, 0) is 48.9 Å². The molecule has 164 valence electrons. The fraction of sp³-hybridized carbons (Fsp3) is 0.333. The number of nitrogens with two attached hydrogens (primary N) is 1. The van der Waals surface area contributed by atoms with Gasteiger partial charge in [0.25, 0.3) is 5.91 Å². The fourth-order valence-electron chi connectivity index (χ4n) is 3.29. The molecule has 30 heavy (non-hydrogen) atoms. The minimum atomic E-state index is -0.256. The molecule has 3 N–H and O–H groups in total. The summed E-state index contributed by atoms with van der Waals surface area (Å²) in [6, 6.07) is 11.6. The van der Waals surface area contributed by atoms with E-state index in [-0.39, 0.29) is 55.4 Å². The van der Waals surface area contributed by atoms with Crippen molar-refractivity contribution in [3.63, 3.8) is 0 Å². The normalized spacial score (nSPS) is 13.1. The number of hydrogen-bond acceptors (Lipinski definition) is 4. The van der Waals surface area contributed by atoms with Gasteiger partial charge in [0.2, 0.25) is 5.91 Å². The Balaban J connectivity index is 0.00000225. The van der Waals surface area contributed by atoms with E-state index in [1.807, 2.05) is 6.92 Å². The first kappa shape index (κ1) is 25.5. The van der Waals surface area contributed by atoms with Gasteiger partial charge >= 0.3 is 0 Å². The van der Waals surface area contributed by atoms with E-state index in [1.165, 1.54) is 12.1 Å². The maximum atomic E-state index is 13.0. The van der Waals surface area contributed by atoms with Gasteiger partial charge in [-0.1, -0.05) is 6.07 Å². The Morgan fingerprint density at radius 2 is 1.67 bits per heavy atom. The number of aryl methyl sites for hydroxylation is 1. The zero-order valence-electron chi connectivity index (χ0n) is 16.8. The Labute approximate surface area is 188 Å². The molecule has 1 aliphatic heterocycles. The van der Waals surface area contributed by atoms with E-state index in [2.05, 4.69) is 10.2 Å². The summed E-state index contributed by atoms with van der Waals surface area (Å²) in [4.78, 5) is 28.6. The van der Waals surface area contributed by atoms with Crippen LogP contribution in [-0.4, -0.2) is 49.4 Å². The predicted molar refractivity (Wildman–Crippen MR) is 122 cm³/mol. The molecule has 0 radical (unpaired) electrons. The van der Waals surface area contributed by atoms with Gasteiger partial charge < -0.3 is 20.9 Å². The Bertz CT molecular complexity index is 857. The summed E-state index contributed by atoms with van der Waals surface area (Å²) in [6.45, 7) is 4.75. The molecule has 1 heterocycles. The molecule has 3 rings (SSSR count). The average molecular weight is 457 g/mol. The van der Waals surface area contributed by atoms with Crippen LogP contribution < -0.4 is 16.0 Å². The van der Waals surface area contributed by atoms with Crippen molar-refractivity contribution in [1.82, 2.24) is 10.2 Å². The van der Waals surface area contributed by atoms with E-state index in [4.69, 9.17) is 5.73 Å². The van der Waals surface area contributed by atoms with Crippen molar-refractivity contribution < 1.29 is 14.0 Å². The van der Waals surface area contributed by atoms with Crippen molar-refractivity contribution in [2.75, 3.05) is 43.4 Å². The SMILES string of the molecule is Cc1ccc(N)cc1C(=O)NCCC(=O)N1CCN(c2ccc(F)cc2)CC1.Cl.Cl. The smallest absolute Gasteiger partial charge is 0.251 e. The van der Waals surface area contributed by atoms with Gasteiger partial charge in [0, 0.05) is 56.1 Å². The number of rotatable bonds is 5. The lowest BCUT2D eigenvalue weighted by molar-refractivity contribution is -0.131. The highest BCUT2D eigenvalue weighted by molar-refractivity contribution is 5.96. The molecule has 0 unspecified atom stereocenters. The number of nitrogens with zero attached hydrogens (tertiary/aromatic N) is 2. The number of amides is 2. The summed E-state index contributed by atoms with van der Waals surface area (Å²) < 4.78 is 13.0. The van der Waals surface area contributed by atoms with Crippen molar-refractivity contribution >= 4 is 48.0 Å². The molecule has 2 amide bonds. The number of carbonyl (C=O) groups is 2. The molecule has 1 saturated heterocycles. The van der Waals surface area contributed by atoms with Crippen LogP contribution in [-0.2, 0) is 4.79 Å². The number of anilines is 2. The van der Waals surface area contributed by atoms with Crippen LogP contribution >= 0.6 is 24.8 Å². The van der Waals surface area contributed by atoms with Crippen molar-refractivity contribution in [3.05, 3.63) is 59.4 Å². The molecule has 9 heteroatoms. The molecular formula is C21H27Cl2FN4O2. The third-order valence-electron chi connectivity index (χ3n) is 4.95. The van der Waals surface area contributed by atoms with E-state index in [0.29, 0.717) is 37.4 Å². The van der Waals surface area contributed by atoms with Crippen LogP contribution in [0.25, 0.3) is 0 Å². The van der Waals surface area contributed by atoms with Gasteiger partial charge in [-0.3, -0.25) is 9.59 Å². The molecule has 2 aromatic carbocycles. The highest BCUT2D eigenvalue weighted by Gasteiger charge is 2.21. The first-order chi connectivity index (χ1) is 13.4. The predicted octanol–water partition coefficient (Wildman–Crippen LogP) is 3.03. The van der Waals surface area contributed by atoms with Gasteiger partial charge in [-0.15, -0.1) is 24.8 Å². The van der Waals surface area contributed by atoms with Crippen LogP contribution in [0.2, 0.25) is 0 Å². The van der Waals surface area contributed by atoms with Crippen LogP contribution in [0.1, 0.15) is 22.3 Å². The van der Waals surface area contributed by atoms with Crippen LogP contribution in [0.4, 0.5) is 15.8 Å². The standard InChI is InChI=1S/C21H25FN4O2.2ClH/c1-15-2-5-17(23)14-19(15)21(28)24-9-8-20(27)26-12-10-25(11-13-26)18-6-3-16(22)4-7-18;;/h2-7,14H,8-13,23H2,1H3,(H,24,28);2*1H. The summed E-state index contributed by atoms with van der Waals surface area (Å²) in [6.07, 6.45) is 0.254. The number of halogens is 3. The Morgan fingerprint density at radius 3 is 2.30 bits per heavy atom. The topological polar surface area (TPSA) is 78.7 Å². The van der Waals surface area contributed by atoms with Gasteiger partial charge in [0.15, 0.2) is 0 Å². The average Bonchev–Trinajstić information content (AvgIpc) is 2.70. The number of nitrogen functional groups attached to an aromatic ring is 1. The van der Waals surface area contributed by atoms with E-state index in [0.717, 1.165) is 11.3 Å². The fourth-order valence-corrected chi connectivity index (χ4v) is 3.29. The van der Waals surface area contributed by atoms with Gasteiger partial charge in [-0.2, -0.15) is 0 Å². The molecule has 0 saturated carbocycles. The summed E-state index contributed by atoms with van der Waals surface area (Å²) in [5.74, 6) is -0.463. The van der Waals surface area contributed by atoms with Gasteiger partial charge in [0.05, 0.1) is 0 Å². The molecular weight excluding hydrogens is 430 g/mol. The third-order valence-corrected chi connectivity index (χ3v) is 4.95. The van der Waals surface area contributed by atoms with Gasteiger partial charge in [-0.25, -0.2) is 4.39 Å². The largest absolute Gasteiger partial charge is 0.399 e. The van der Waals surface area contributed by atoms with Crippen LogP contribution in [0.5, 0.6) is 0 Å². The Kier molecular flexibility index (Phi) is 9.89. The summed E-state index contributed by atoms with van der Waals surface area (Å²) in [5.41, 5.74) is 8.60. The molecule has 0 aliphatic carbocycles. The van der Waals surface area contributed by atoms with Gasteiger partial charge in [0.1, 0.15) is 5.82 Å². The Morgan fingerprint density at radius 1 is 1.03 bits per heavy atom. The second-order valence-corrected chi connectivity index (χ2v) is 6.92. The molecule has 0 spiro atoms. The van der Waals surface area contributed by atoms with Crippen molar-refractivity contribution in [1.29, 1.82) is 0 Å². The minimum absolute atomic E-state index is 0. The third kappa shape index (κ3) is 6.50. The second-order valence-electron chi connectivity index (χ2n) is 6.92. The maximum absolute atomic E-state index is 13.0. The first-order valence-electron chi connectivity index (χ1n) is 9.36. The highest BCUT2D eigenvalue weighted by atomic mass is 35.5. The minimum Gasteiger partial charge on any atom is -0.399 e. The summed E-state index contributed by atoms with van der Waals surface area (Å²) in [5, 5.41) is 2.79. The van der Waals surface area contributed by atoms with Crippen LogP contribution in [0, 0.1) is 12.7 Å². The number of nitrogens with one attached hydrogen (secondary N) is 1. The summed E-state index contributed by atoms with van der Waals surface area (Å²) >= 11 is 0. The number of hydrogen-bond donors (Lipinski definition) is 2. The molecule has 6 nitrogen and oxygen atoms in total. The van der Waals surface area contributed by atoms with E-state index in [9.17, 15) is 14.0 Å². The zero-order valence-corrected chi connectivity index (χ0v) is 18.4. The van der Waals surface area contributed by atoms with Crippen molar-refractivity contribution in [2.24, 2.45) is 0 Å². The molecule has 2 aromatic rings. The van der Waals surface area contributed by atoms with Crippen LogP contribution in [0.3, 0.4) is 0 Å². The molecule has 1 fully saturated rings. The molecule has 0 atom stereocenters. The number of benzene rings is 2. The monoisotopic (exact) mass is 456 g/mol. The van der Waals surface area contributed by atoms with E-state index in [1.54, 1.807) is 35.2 Å². The summed E-state index contributed by atoms with van der Waals surface area (Å²) in [7, 11) is 0. The second kappa shape index (κ2) is 11.6. The first-order valence-corrected chi connectivity index (χ1v) is 9.36. The van der Waals surface area contributed by atoms with Crippen molar-refractivity contribution in [3.8, 4) is 0 Å². The number of piperazine rings is 1. The number of carbonyl (C=O) groups excluding carboxylic acids is 2. The lowest BCUT2D eigenvalue weighted by Gasteiger charge is -2.36. The lowest BCUT2D eigenvalue weighted by atomic mass is 10.1. The van der Waals surface area contributed by atoms with Crippen LogP contribution in [0.15, 0.2) is 42.5 Å². The molecule has 0 aromatic heterocycles. The molecule has 0 bridgehead atoms. The maximum Gasteiger partial charge on any atom is 0.251 e.